The first-order valence-corrected chi connectivity index (χ1v) is 8.84. The van der Waals surface area contributed by atoms with E-state index in [0.717, 1.165) is 15.8 Å². The average molecular weight is 372 g/mol. The molecule has 4 rings (SSSR count). The van der Waals surface area contributed by atoms with Gasteiger partial charge in [0.1, 0.15) is 5.82 Å². The maximum atomic E-state index is 13.5. The minimum absolute atomic E-state index is 0.227. The highest BCUT2D eigenvalue weighted by molar-refractivity contribution is 7.98. The third-order valence-corrected chi connectivity index (χ3v) is 4.83. The summed E-state index contributed by atoms with van der Waals surface area (Å²) in [5, 5.41) is 12.2. The van der Waals surface area contributed by atoms with E-state index in [0.29, 0.717) is 16.2 Å². The Kier molecular flexibility index (Phi) is 4.37. The number of benzene rings is 2. The second-order valence-corrected chi connectivity index (χ2v) is 6.60. The molecule has 0 radical (unpaired) electrons. The Hall–Kier alpha value is -2.81. The number of halogens is 2. The van der Waals surface area contributed by atoms with Crippen molar-refractivity contribution in [2.24, 2.45) is 0 Å². The van der Waals surface area contributed by atoms with Crippen LogP contribution in [0, 0.1) is 6.92 Å². The molecule has 0 aliphatic heterocycles. The molecule has 6 nitrogen and oxygen atoms in total. The van der Waals surface area contributed by atoms with Crippen LogP contribution in [0.1, 0.15) is 17.9 Å². The number of tetrazole rings is 1. The monoisotopic (exact) mass is 372 g/mol. The lowest BCUT2D eigenvalue weighted by molar-refractivity contribution is 0.0722. The summed E-state index contributed by atoms with van der Waals surface area (Å²) in [6.45, 7) is -0.667. The Bertz CT molecular complexity index is 1040. The van der Waals surface area contributed by atoms with Crippen molar-refractivity contribution < 1.29 is 8.78 Å². The van der Waals surface area contributed by atoms with E-state index in [1.54, 1.807) is 28.9 Å². The van der Waals surface area contributed by atoms with Crippen molar-refractivity contribution >= 4 is 22.8 Å². The number of alkyl halides is 2. The Labute approximate surface area is 151 Å². The molecule has 0 amide bonds. The van der Waals surface area contributed by atoms with E-state index in [2.05, 4.69) is 20.5 Å². The number of thioether (sulfide) groups is 1. The highest BCUT2D eigenvalue weighted by Crippen LogP contribution is 2.28. The van der Waals surface area contributed by atoms with Gasteiger partial charge in [0, 0.05) is 0 Å². The molecule has 26 heavy (non-hydrogen) atoms. The number of imidazole rings is 1. The molecule has 132 valence electrons. The molecule has 4 aromatic rings. The highest BCUT2D eigenvalue weighted by atomic mass is 32.2. The van der Waals surface area contributed by atoms with E-state index in [4.69, 9.17) is 0 Å². The maximum absolute atomic E-state index is 13.5. The number of para-hydroxylation sites is 2. The van der Waals surface area contributed by atoms with E-state index in [-0.39, 0.29) is 11.6 Å². The van der Waals surface area contributed by atoms with Crippen molar-refractivity contribution in [3.05, 3.63) is 59.9 Å². The summed E-state index contributed by atoms with van der Waals surface area (Å²) in [7, 11) is 0. The van der Waals surface area contributed by atoms with Crippen molar-refractivity contribution in [3.8, 4) is 5.69 Å². The Morgan fingerprint density at radius 1 is 1.08 bits per heavy atom. The Morgan fingerprint density at radius 3 is 2.62 bits per heavy atom. The molecule has 2 aromatic heterocycles. The quantitative estimate of drug-likeness (QED) is 0.496. The van der Waals surface area contributed by atoms with Crippen LogP contribution >= 0.6 is 11.8 Å². The van der Waals surface area contributed by atoms with Gasteiger partial charge in [-0.25, -0.2) is 4.98 Å². The predicted molar refractivity (Wildman–Crippen MR) is 94.4 cm³/mol. The lowest BCUT2D eigenvalue weighted by atomic mass is 10.2. The largest absolute Gasteiger partial charge is 0.320 e. The summed E-state index contributed by atoms with van der Waals surface area (Å²) in [5.74, 6) is 0.510. The van der Waals surface area contributed by atoms with Crippen LogP contribution in [0.4, 0.5) is 8.78 Å². The van der Waals surface area contributed by atoms with Gasteiger partial charge in [0.25, 0.3) is 0 Å². The van der Waals surface area contributed by atoms with Gasteiger partial charge in [-0.15, -0.1) is 5.10 Å². The van der Waals surface area contributed by atoms with Gasteiger partial charge in [-0.2, -0.15) is 13.5 Å². The average Bonchev–Trinajstić information content (AvgIpc) is 3.24. The molecule has 0 atom stereocenters. The first kappa shape index (κ1) is 16.6. The van der Waals surface area contributed by atoms with Crippen molar-refractivity contribution in [3.63, 3.8) is 0 Å². The topological polar surface area (TPSA) is 61.4 Å². The van der Waals surface area contributed by atoms with Crippen LogP contribution in [0.15, 0.2) is 53.7 Å². The zero-order chi connectivity index (χ0) is 18.1. The van der Waals surface area contributed by atoms with Gasteiger partial charge in [0.05, 0.1) is 22.5 Å². The van der Waals surface area contributed by atoms with Gasteiger partial charge in [0.2, 0.25) is 5.16 Å². The van der Waals surface area contributed by atoms with Gasteiger partial charge in [-0.05, 0) is 41.6 Å². The Balaban J connectivity index is 1.63. The van der Waals surface area contributed by atoms with Crippen LogP contribution in [0.2, 0.25) is 0 Å². The van der Waals surface area contributed by atoms with E-state index in [1.807, 2.05) is 31.2 Å². The van der Waals surface area contributed by atoms with Crippen molar-refractivity contribution in [2.45, 2.75) is 24.4 Å². The third-order valence-electron chi connectivity index (χ3n) is 3.91. The summed E-state index contributed by atoms with van der Waals surface area (Å²) in [6.07, 6.45) is 0. The van der Waals surface area contributed by atoms with Crippen LogP contribution in [0.3, 0.4) is 0 Å². The molecule has 0 bridgehead atoms. The van der Waals surface area contributed by atoms with E-state index in [1.165, 1.54) is 11.8 Å². The van der Waals surface area contributed by atoms with Crippen LogP contribution in [0.5, 0.6) is 0 Å². The summed E-state index contributed by atoms with van der Waals surface area (Å²) >= 11 is 1.26. The first-order chi connectivity index (χ1) is 12.6. The fourth-order valence-electron chi connectivity index (χ4n) is 2.66. The normalized spacial score (nSPS) is 11.5. The van der Waals surface area contributed by atoms with Gasteiger partial charge in [-0.1, -0.05) is 41.6 Å². The van der Waals surface area contributed by atoms with Crippen molar-refractivity contribution in [2.75, 3.05) is 0 Å². The second-order valence-electron chi connectivity index (χ2n) is 5.66. The Morgan fingerprint density at radius 2 is 1.85 bits per heavy atom. The van der Waals surface area contributed by atoms with Crippen LogP contribution in [-0.4, -0.2) is 29.8 Å². The number of hydrogen-bond acceptors (Lipinski definition) is 5. The predicted octanol–water partition coefficient (Wildman–Crippen LogP) is 4.01. The smallest absolute Gasteiger partial charge is 0.269 e. The summed E-state index contributed by atoms with van der Waals surface area (Å²) in [4.78, 5) is 4.33. The SMILES string of the molecule is Cc1ccc(-n2nnnc2SCc2nc3ccccc3n2C(F)F)cc1. The number of aryl methyl sites for hydroxylation is 1. The molecule has 0 aliphatic rings. The molecule has 0 saturated heterocycles. The lowest BCUT2D eigenvalue weighted by Crippen LogP contribution is -2.04. The molecule has 0 unspecified atom stereocenters. The van der Waals surface area contributed by atoms with Gasteiger partial charge in [0.15, 0.2) is 0 Å². The van der Waals surface area contributed by atoms with E-state index < -0.39 is 6.55 Å². The third kappa shape index (κ3) is 3.05. The molecule has 2 aromatic carbocycles. The minimum atomic E-state index is -2.66. The molecule has 0 aliphatic carbocycles. The van der Waals surface area contributed by atoms with Gasteiger partial charge in [-0.3, -0.25) is 4.57 Å². The maximum Gasteiger partial charge on any atom is 0.320 e. The number of aromatic nitrogens is 6. The molecule has 0 spiro atoms. The van der Waals surface area contributed by atoms with Gasteiger partial charge >= 0.3 is 6.55 Å². The zero-order valence-corrected chi connectivity index (χ0v) is 14.6. The lowest BCUT2D eigenvalue weighted by Gasteiger charge is -2.08. The van der Waals surface area contributed by atoms with Crippen LogP contribution in [-0.2, 0) is 5.75 Å². The summed E-state index contributed by atoms with van der Waals surface area (Å²) in [5.41, 5.74) is 2.89. The number of rotatable bonds is 5. The highest BCUT2D eigenvalue weighted by Gasteiger charge is 2.19. The minimum Gasteiger partial charge on any atom is -0.269 e. The van der Waals surface area contributed by atoms with Crippen molar-refractivity contribution in [1.29, 1.82) is 0 Å². The van der Waals surface area contributed by atoms with Crippen molar-refractivity contribution in [1.82, 2.24) is 29.8 Å². The molecular weight excluding hydrogens is 358 g/mol. The number of fused-ring (bicyclic) bond motifs is 1. The molecule has 2 heterocycles. The standard InChI is InChI=1S/C17H14F2N6S/c1-11-6-8-12(9-7-11)25-17(21-22-23-25)26-10-15-20-13-4-2-3-5-14(13)24(15)16(18)19/h2-9,16H,10H2,1H3. The number of nitrogens with zero attached hydrogens (tertiary/aromatic N) is 6. The van der Waals surface area contributed by atoms with Crippen LogP contribution in [0.25, 0.3) is 16.7 Å². The zero-order valence-electron chi connectivity index (χ0n) is 13.8. The molecule has 0 N–H and O–H groups in total. The van der Waals surface area contributed by atoms with E-state index >= 15 is 0 Å². The molecular formula is C17H14F2N6S. The van der Waals surface area contributed by atoms with Crippen LogP contribution < -0.4 is 0 Å². The summed E-state index contributed by atoms with van der Waals surface area (Å²) in [6, 6.07) is 14.6. The molecule has 0 saturated carbocycles. The summed E-state index contributed by atoms with van der Waals surface area (Å²) < 4.78 is 29.5. The molecule has 9 heteroatoms. The fourth-order valence-corrected chi connectivity index (χ4v) is 3.48. The second kappa shape index (κ2) is 6.83. The van der Waals surface area contributed by atoms with Gasteiger partial charge < -0.3 is 0 Å². The molecule has 0 fully saturated rings. The fraction of sp³-hybridized carbons (Fsp3) is 0.176. The number of hydrogen-bond donors (Lipinski definition) is 0. The van der Waals surface area contributed by atoms with E-state index in [9.17, 15) is 8.78 Å². The first-order valence-electron chi connectivity index (χ1n) is 7.85.